The summed E-state index contributed by atoms with van der Waals surface area (Å²) >= 11 is 0. The first-order chi connectivity index (χ1) is 9.09. The summed E-state index contributed by atoms with van der Waals surface area (Å²) in [6.07, 6.45) is 1.86. The number of carbonyl (C=O) groups is 1. The number of likely N-dealkylation sites (tertiary alicyclic amines) is 1. The lowest BCUT2D eigenvalue weighted by atomic mass is 9.90. The van der Waals surface area contributed by atoms with E-state index in [1.54, 1.807) is 0 Å². The van der Waals surface area contributed by atoms with Crippen LogP contribution in [0.25, 0.3) is 0 Å². The highest BCUT2D eigenvalue weighted by Gasteiger charge is 2.36. The molecule has 2 rings (SSSR count). The molecule has 0 aliphatic carbocycles. The second-order valence-electron chi connectivity index (χ2n) is 5.90. The maximum atomic E-state index is 12.7. The third-order valence-corrected chi connectivity index (χ3v) is 4.27. The van der Waals surface area contributed by atoms with Crippen molar-refractivity contribution in [2.75, 3.05) is 19.6 Å². The van der Waals surface area contributed by atoms with Crippen LogP contribution >= 0.6 is 0 Å². The quantitative estimate of drug-likeness (QED) is 0.903. The number of hydrogen-bond acceptors (Lipinski definition) is 2. The second-order valence-corrected chi connectivity index (χ2v) is 5.90. The number of carbonyl (C=O) groups excluding carboxylic acids is 1. The largest absolute Gasteiger partial charge is 0.342 e. The highest BCUT2D eigenvalue weighted by atomic mass is 16.2. The van der Waals surface area contributed by atoms with Crippen molar-refractivity contribution in [1.29, 1.82) is 0 Å². The summed E-state index contributed by atoms with van der Waals surface area (Å²) in [6.45, 7) is 6.54. The summed E-state index contributed by atoms with van der Waals surface area (Å²) < 4.78 is 0. The van der Waals surface area contributed by atoms with Gasteiger partial charge in [-0.15, -0.1) is 0 Å². The van der Waals surface area contributed by atoms with E-state index >= 15 is 0 Å². The molecule has 1 aliphatic rings. The van der Waals surface area contributed by atoms with Crippen LogP contribution in [0, 0.1) is 5.41 Å². The van der Waals surface area contributed by atoms with Gasteiger partial charge in [0.05, 0.1) is 5.92 Å². The van der Waals surface area contributed by atoms with Crippen molar-refractivity contribution in [1.82, 2.24) is 4.90 Å². The molecule has 2 unspecified atom stereocenters. The fourth-order valence-electron chi connectivity index (χ4n) is 2.84. The molecule has 1 fully saturated rings. The third-order valence-electron chi connectivity index (χ3n) is 4.27. The molecule has 2 N–H and O–H groups in total. The zero-order valence-electron chi connectivity index (χ0n) is 11.9. The monoisotopic (exact) mass is 260 g/mol. The SMILES string of the molecule is CCC(C(=O)N1CCC(C)(CN)C1)c1ccccc1. The van der Waals surface area contributed by atoms with Crippen LogP contribution < -0.4 is 5.73 Å². The average molecular weight is 260 g/mol. The minimum Gasteiger partial charge on any atom is -0.342 e. The summed E-state index contributed by atoms with van der Waals surface area (Å²) in [6, 6.07) is 10.1. The first-order valence-corrected chi connectivity index (χ1v) is 7.13. The summed E-state index contributed by atoms with van der Waals surface area (Å²) in [7, 11) is 0. The number of benzene rings is 1. The van der Waals surface area contributed by atoms with E-state index in [9.17, 15) is 4.79 Å². The van der Waals surface area contributed by atoms with E-state index in [4.69, 9.17) is 5.73 Å². The molecule has 2 atom stereocenters. The molecule has 0 radical (unpaired) electrons. The molecule has 0 aromatic heterocycles. The molecule has 0 saturated carbocycles. The average Bonchev–Trinajstić information content (AvgIpc) is 2.84. The topological polar surface area (TPSA) is 46.3 Å². The maximum Gasteiger partial charge on any atom is 0.230 e. The van der Waals surface area contributed by atoms with Gasteiger partial charge in [-0.25, -0.2) is 0 Å². The Balaban J connectivity index is 2.11. The van der Waals surface area contributed by atoms with Gasteiger partial charge in [0.2, 0.25) is 5.91 Å². The van der Waals surface area contributed by atoms with Crippen LogP contribution in [0.3, 0.4) is 0 Å². The predicted octanol–water partition coefficient (Wildman–Crippen LogP) is 2.38. The molecule has 3 heteroatoms. The van der Waals surface area contributed by atoms with Crippen molar-refractivity contribution in [3.05, 3.63) is 35.9 Å². The lowest BCUT2D eigenvalue weighted by Crippen LogP contribution is -2.37. The van der Waals surface area contributed by atoms with Crippen LogP contribution in [0.2, 0.25) is 0 Å². The predicted molar refractivity (Wildman–Crippen MR) is 77.8 cm³/mol. The molecule has 1 heterocycles. The number of amides is 1. The number of nitrogens with zero attached hydrogens (tertiary/aromatic N) is 1. The Morgan fingerprint density at radius 1 is 1.42 bits per heavy atom. The van der Waals surface area contributed by atoms with Gasteiger partial charge < -0.3 is 10.6 Å². The van der Waals surface area contributed by atoms with E-state index in [1.807, 2.05) is 35.2 Å². The fraction of sp³-hybridized carbons (Fsp3) is 0.562. The fourth-order valence-corrected chi connectivity index (χ4v) is 2.84. The molecule has 1 aromatic rings. The molecule has 1 saturated heterocycles. The summed E-state index contributed by atoms with van der Waals surface area (Å²) in [4.78, 5) is 14.7. The van der Waals surface area contributed by atoms with E-state index in [1.165, 1.54) is 0 Å². The van der Waals surface area contributed by atoms with Gasteiger partial charge in [0.1, 0.15) is 0 Å². The van der Waals surface area contributed by atoms with E-state index in [2.05, 4.69) is 13.8 Å². The van der Waals surface area contributed by atoms with Crippen LogP contribution in [0.5, 0.6) is 0 Å². The summed E-state index contributed by atoms with van der Waals surface area (Å²) in [5, 5.41) is 0. The molecule has 1 aromatic carbocycles. The Hall–Kier alpha value is -1.35. The molecule has 3 nitrogen and oxygen atoms in total. The maximum absolute atomic E-state index is 12.7. The second kappa shape index (κ2) is 5.74. The van der Waals surface area contributed by atoms with Gasteiger partial charge in [0, 0.05) is 13.1 Å². The molecule has 0 spiro atoms. The van der Waals surface area contributed by atoms with Crippen molar-refractivity contribution in [3.63, 3.8) is 0 Å². The Morgan fingerprint density at radius 2 is 2.11 bits per heavy atom. The van der Waals surface area contributed by atoms with Crippen LogP contribution in [-0.2, 0) is 4.79 Å². The lowest BCUT2D eigenvalue weighted by molar-refractivity contribution is -0.132. The van der Waals surface area contributed by atoms with E-state index < -0.39 is 0 Å². The van der Waals surface area contributed by atoms with E-state index in [0.717, 1.165) is 31.5 Å². The van der Waals surface area contributed by atoms with Gasteiger partial charge >= 0.3 is 0 Å². The molecule has 19 heavy (non-hydrogen) atoms. The van der Waals surface area contributed by atoms with Crippen molar-refractivity contribution < 1.29 is 4.79 Å². The molecular weight excluding hydrogens is 236 g/mol. The van der Waals surface area contributed by atoms with Crippen molar-refractivity contribution in [2.45, 2.75) is 32.6 Å². The van der Waals surface area contributed by atoms with Crippen LogP contribution in [0.4, 0.5) is 0 Å². The highest BCUT2D eigenvalue weighted by molar-refractivity contribution is 5.84. The molecule has 1 aliphatic heterocycles. The smallest absolute Gasteiger partial charge is 0.230 e. The highest BCUT2D eigenvalue weighted by Crippen LogP contribution is 2.31. The zero-order chi connectivity index (χ0) is 13.9. The van der Waals surface area contributed by atoms with Gasteiger partial charge in [-0.05, 0) is 30.4 Å². The first-order valence-electron chi connectivity index (χ1n) is 7.13. The Kier molecular flexibility index (Phi) is 4.25. The van der Waals surface area contributed by atoms with Gasteiger partial charge in [-0.2, -0.15) is 0 Å². The number of nitrogens with two attached hydrogens (primary N) is 1. The Labute approximate surface area is 115 Å². The van der Waals surface area contributed by atoms with Gasteiger partial charge in [-0.3, -0.25) is 4.79 Å². The molecule has 104 valence electrons. The third kappa shape index (κ3) is 2.98. The van der Waals surface area contributed by atoms with Gasteiger partial charge in [0.25, 0.3) is 0 Å². The first kappa shape index (κ1) is 14.1. The van der Waals surface area contributed by atoms with Crippen LogP contribution in [0.15, 0.2) is 30.3 Å². The number of hydrogen-bond donors (Lipinski definition) is 1. The number of rotatable bonds is 4. The van der Waals surface area contributed by atoms with Gasteiger partial charge in [-0.1, -0.05) is 44.2 Å². The standard InChI is InChI=1S/C16H24N2O/c1-3-14(13-7-5-4-6-8-13)15(19)18-10-9-16(2,11-17)12-18/h4-8,14H,3,9-12,17H2,1-2H3. The van der Waals surface area contributed by atoms with Crippen molar-refractivity contribution >= 4 is 5.91 Å². The summed E-state index contributed by atoms with van der Waals surface area (Å²) in [5.41, 5.74) is 7.04. The molecule has 1 amide bonds. The van der Waals surface area contributed by atoms with E-state index in [0.29, 0.717) is 6.54 Å². The minimum atomic E-state index is -0.0127. The zero-order valence-corrected chi connectivity index (χ0v) is 11.9. The lowest BCUT2D eigenvalue weighted by Gasteiger charge is -2.26. The Bertz CT molecular complexity index is 432. The van der Waals surface area contributed by atoms with Crippen molar-refractivity contribution in [3.8, 4) is 0 Å². The van der Waals surface area contributed by atoms with Crippen molar-refractivity contribution in [2.24, 2.45) is 11.1 Å². The van der Waals surface area contributed by atoms with Crippen LogP contribution in [0.1, 0.15) is 38.2 Å². The minimum absolute atomic E-state index is 0.0127. The Morgan fingerprint density at radius 3 is 2.63 bits per heavy atom. The molecule has 0 bridgehead atoms. The molecular formula is C16H24N2O. The van der Waals surface area contributed by atoms with Crippen LogP contribution in [-0.4, -0.2) is 30.4 Å². The van der Waals surface area contributed by atoms with Gasteiger partial charge in [0.15, 0.2) is 0 Å². The van der Waals surface area contributed by atoms with E-state index in [-0.39, 0.29) is 17.2 Å². The summed E-state index contributed by atoms with van der Waals surface area (Å²) in [5.74, 6) is 0.243. The normalized spacial score (nSPS) is 24.5.